The first-order valence-electron chi connectivity index (χ1n) is 12.2. The van der Waals surface area contributed by atoms with Crippen LogP contribution in [0.2, 0.25) is 0 Å². The lowest BCUT2D eigenvalue weighted by Crippen LogP contribution is -2.16. The van der Waals surface area contributed by atoms with Crippen LogP contribution in [0.15, 0.2) is 72.9 Å². The molecule has 1 rings (SSSR count). The van der Waals surface area contributed by atoms with E-state index < -0.39 is 36.2 Å². The first-order valence-corrected chi connectivity index (χ1v) is 12.2. The second-order valence-corrected chi connectivity index (χ2v) is 8.44. The third kappa shape index (κ3) is 17.2. The van der Waals surface area contributed by atoms with E-state index in [0.717, 1.165) is 12.8 Å². The smallest absolute Gasteiger partial charge is 0.331 e. The summed E-state index contributed by atoms with van der Waals surface area (Å²) in [5, 5.41) is 28.9. The summed E-state index contributed by atoms with van der Waals surface area (Å²) in [5.41, 5.74) is 0. The Morgan fingerprint density at radius 1 is 0.972 bits per heavy atom. The summed E-state index contributed by atoms with van der Waals surface area (Å²) >= 11 is 0. The van der Waals surface area contributed by atoms with Crippen molar-refractivity contribution >= 4 is 17.9 Å². The van der Waals surface area contributed by atoms with Gasteiger partial charge in [0.2, 0.25) is 0 Å². The highest BCUT2D eigenvalue weighted by atomic mass is 16.5. The van der Waals surface area contributed by atoms with Gasteiger partial charge in [-0.2, -0.15) is 0 Å². The fourth-order valence-electron chi connectivity index (χ4n) is 3.17. The Kier molecular flexibility index (Phi) is 16.3. The van der Waals surface area contributed by atoms with Crippen molar-refractivity contribution in [3.8, 4) is 0 Å². The highest BCUT2D eigenvalue weighted by Gasteiger charge is 2.12. The number of allylic oxidation sites excluding steroid dienone is 7. The van der Waals surface area contributed by atoms with Gasteiger partial charge in [0, 0.05) is 18.9 Å². The van der Waals surface area contributed by atoms with Crippen molar-refractivity contribution in [1.82, 2.24) is 0 Å². The summed E-state index contributed by atoms with van der Waals surface area (Å²) < 4.78 is 10.7. The zero-order valence-electron chi connectivity index (χ0n) is 20.8. The minimum absolute atomic E-state index is 0.198. The molecule has 0 bridgehead atoms. The fraction of sp³-hybridized carbons (Fsp3) is 0.464. The number of carboxylic acids is 1. The molecular weight excluding hydrogens is 464 g/mol. The van der Waals surface area contributed by atoms with Crippen molar-refractivity contribution in [3.05, 3.63) is 72.9 Å². The molecule has 0 aliphatic carbocycles. The molecule has 0 amide bonds. The van der Waals surface area contributed by atoms with E-state index in [1.54, 1.807) is 54.7 Å². The second-order valence-electron chi connectivity index (χ2n) is 8.44. The minimum Gasteiger partial charge on any atom is -0.481 e. The number of carbonyl (C=O) groups is 3. The fourth-order valence-corrected chi connectivity index (χ4v) is 3.17. The first kappa shape index (κ1) is 30.8. The molecule has 3 N–H and O–H groups in total. The van der Waals surface area contributed by atoms with Crippen LogP contribution < -0.4 is 0 Å². The molecular formula is C28H38O8. The first-order chi connectivity index (χ1) is 17.3. The molecule has 4 atom stereocenters. The van der Waals surface area contributed by atoms with Crippen molar-refractivity contribution in [2.45, 2.75) is 82.7 Å². The number of carboxylic acid groups (broad SMARTS) is 1. The summed E-state index contributed by atoms with van der Waals surface area (Å²) in [6, 6.07) is 0. The Labute approximate surface area is 213 Å². The van der Waals surface area contributed by atoms with Crippen LogP contribution in [0.5, 0.6) is 0 Å². The Balaban J connectivity index is 2.86. The summed E-state index contributed by atoms with van der Waals surface area (Å²) in [5.74, 6) is -2.16. The Morgan fingerprint density at radius 2 is 1.67 bits per heavy atom. The van der Waals surface area contributed by atoms with Crippen molar-refractivity contribution < 1.29 is 39.2 Å². The third-order valence-corrected chi connectivity index (χ3v) is 5.05. The third-order valence-electron chi connectivity index (χ3n) is 5.05. The van der Waals surface area contributed by atoms with Crippen molar-refractivity contribution in [2.75, 3.05) is 0 Å². The van der Waals surface area contributed by atoms with E-state index >= 15 is 0 Å². The molecule has 0 aromatic carbocycles. The number of aliphatic carboxylic acids is 1. The van der Waals surface area contributed by atoms with Gasteiger partial charge in [-0.15, -0.1) is 0 Å². The molecule has 1 aliphatic heterocycles. The van der Waals surface area contributed by atoms with Crippen LogP contribution in [-0.2, 0) is 23.9 Å². The number of cyclic esters (lactones) is 1. The number of esters is 2. The van der Waals surface area contributed by atoms with Gasteiger partial charge in [0.05, 0.1) is 31.2 Å². The average molecular weight is 503 g/mol. The zero-order valence-corrected chi connectivity index (χ0v) is 20.8. The van der Waals surface area contributed by atoms with Gasteiger partial charge in [-0.1, -0.05) is 60.8 Å². The Bertz CT molecular complexity index is 850. The second kappa shape index (κ2) is 19.0. The van der Waals surface area contributed by atoms with Gasteiger partial charge in [-0.25, -0.2) is 4.79 Å². The summed E-state index contributed by atoms with van der Waals surface area (Å²) in [6.45, 7) is 1.83. The van der Waals surface area contributed by atoms with Gasteiger partial charge in [0.25, 0.3) is 0 Å². The largest absolute Gasteiger partial charge is 0.481 e. The van der Waals surface area contributed by atoms with Gasteiger partial charge in [-0.05, 0) is 38.7 Å². The van der Waals surface area contributed by atoms with Crippen LogP contribution in [0, 0.1) is 0 Å². The Morgan fingerprint density at radius 3 is 2.44 bits per heavy atom. The number of carbonyl (C=O) groups excluding carboxylic acids is 2. The lowest BCUT2D eigenvalue weighted by atomic mass is 10.1. The number of ether oxygens (including phenoxy) is 2. The molecule has 198 valence electrons. The van der Waals surface area contributed by atoms with Gasteiger partial charge >= 0.3 is 17.9 Å². The lowest BCUT2D eigenvalue weighted by Gasteiger charge is -2.12. The predicted molar refractivity (Wildman–Crippen MR) is 137 cm³/mol. The topological polar surface area (TPSA) is 130 Å². The number of hydrogen-bond donors (Lipinski definition) is 3. The van der Waals surface area contributed by atoms with Crippen LogP contribution in [0.1, 0.15) is 58.3 Å². The van der Waals surface area contributed by atoms with Gasteiger partial charge in [0.15, 0.2) is 0 Å². The molecule has 0 fully saturated rings. The SMILES string of the molecule is C[C@@H]1CCC/C=C\C=C/[C@H](O)C[C@@H](O)C/C=C\C=C/[C@@H](OC(=O)CCC(=O)O)C/C=C\C=C/C(=O)O1. The van der Waals surface area contributed by atoms with E-state index in [1.165, 1.54) is 6.08 Å². The van der Waals surface area contributed by atoms with E-state index in [9.17, 15) is 24.6 Å². The van der Waals surface area contributed by atoms with E-state index in [1.807, 2.05) is 19.1 Å². The summed E-state index contributed by atoms with van der Waals surface area (Å²) in [7, 11) is 0. The van der Waals surface area contributed by atoms with Crippen molar-refractivity contribution in [2.24, 2.45) is 0 Å². The predicted octanol–water partition coefficient (Wildman–Crippen LogP) is 4.11. The molecule has 0 aromatic rings. The maximum atomic E-state index is 11.9. The average Bonchev–Trinajstić information content (AvgIpc) is 2.80. The van der Waals surface area contributed by atoms with Crippen LogP contribution in [0.25, 0.3) is 0 Å². The zero-order chi connectivity index (χ0) is 26.6. The van der Waals surface area contributed by atoms with E-state index in [0.29, 0.717) is 19.3 Å². The molecule has 1 heterocycles. The van der Waals surface area contributed by atoms with E-state index in [4.69, 9.17) is 14.6 Å². The molecule has 8 heteroatoms. The maximum Gasteiger partial charge on any atom is 0.331 e. The summed E-state index contributed by atoms with van der Waals surface area (Å²) in [4.78, 5) is 34.6. The molecule has 8 nitrogen and oxygen atoms in total. The van der Waals surface area contributed by atoms with Gasteiger partial charge < -0.3 is 24.8 Å². The molecule has 1 aliphatic rings. The minimum atomic E-state index is -1.08. The van der Waals surface area contributed by atoms with Crippen molar-refractivity contribution in [3.63, 3.8) is 0 Å². The monoisotopic (exact) mass is 502 g/mol. The van der Waals surface area contributed by atoms with Crippen LogP contribution in [0.4, 0.5) is 0 Å². The normalized spacial score (nSPS) is 30.5. The number of hydrogen-bond acceptors (Lipinski definition) is 7. The Hall–Kier alpha value is -3.23. The quantitative estimate of drug-likeness (QED) is 0.490. The molecule has 36 heavy (non-hydrogen) atoms. The van der Waals surface area contributed by atoms with E-state index in [-0.39, 0.29) is 25.4 Å². The molecule has 0 radical (unpaired) electrons. The van der Waals surface area contributed by atoms with E-state index in [2.05, 4.69) is 0 Å². The summed E-state index contributed by atoms with van der Waals surface area (Å²) in [6.07, 6.45) is 20.5. The standard InChI is InChI=1S/C28H38O8/c1-22-13-7-3-2-4-8-14-23(29)21-24(30)15-9-5-10-16-25(36-28(34)20-19-26(31)32)17-11-6-12-18-27(33)35-22/h2,4-6,8-12,14,16,18,22-25,29-30H,3,7,13,15,17,19-21H2,1H3,(H,31,32)/b4-2-,9-5-,11-6-,14-8-,16-10-,18-12-/t22-,23+,24+,25-/m1/s1. The highest BCUT2D eigenvalue weighted by molar-refractivity contribution is 5.82. The highest BCUT2D eigenvalue weighted by Crippen LogP contribution is 2.09. The molecule has 0 aromatic heterocycles. The molecule has 0 spiro atoms. The van der Waals surface area contributed by atoms with Crippen LogP contribution in [-0.4, -0.2) is 57.6 Å². The maximum absolute atomic E-state index is 11.9. The lowest BCUT2D eigenvalue weighted by molar-refractivity contribution is -0.150. The van der Waals surface area contributed by atoms with Crippen molar-refractivity contribution in [1.29, 1.82) is 0 Å². The number of aliphatic hydroxyl groups excluding tert-OH is 2. The molecule has 0 saturated heterocycles. The number of rotatable bonds is 4. The molecule has 0 saturated carbocycles. The van der Waals surface area contributed by atoms with Gasteiger partial charge in [0.1, 0.15) is 6.10 Å². The van der Waals surface area contributed by atoms with Crippen LogP contribution in [0.3, 0.4) is 0 Å². The van der Waals surface area contributed by atoms with Crippen LogP contribution >= 0.6 is 0 Å². The van der Waals surface area contributed by atoms with Gasteiger partial charge in [-0.3, -0.25) is 9.59 Å². The molecule has 0 unspecified atom stereocenters. The number of aliphatic hydroxyl groups is 2.